The van der Waals surface area contributed by atoms with Gasteiger partial charge in [0.2, 0.25) is 0 Å². The summed E-state index contributed by atoms with van der Waals surface area (Å²) in [5.41, 5.74) is 20.8. The lowest BCUT2D eigenvalue weighted by Gasteiger charge is -2.15. The molecule has 1 aromatic heterocycles. The first-order valence-electron chi connectivity index (χ1n) is 19.0. The maximum Gasteiger partial charge on any atom is 0.0620 e. The Hall–Kier alpha value is -7.22. The summed E-state index contributed by atoms with van der Waals surface area (Å²) in [4.78, 5) is 0. The highest BCUT2D eigenvalue weighted by Crippen LogP contribution is 2.49. The summed E-state index contributed by atoms with van der Waals surface area (Å²) in [6, 6.07) is 77.9. The van der Waals surface area contributed by atoms with Crippen LogP contribution in [0.2, 0.25) is 0 Å². The molecule has 0 radical (unpaired) electrons. The van der Waals surface area contributed by atoms with Gasteiger partial charge in [0.25, 0.3) is 0 Å². The minimum Gasteiger partial charge on any atom is -0.308 e. The van der Waals surface area contributed by atoms with Crippen molar-refractivity contribution in [2.75, 3.05) is 0 Å². The fourth-order valence-corrected chi connectivity index (χ4v) is 8.68. The Morgan fingerprint density at radius 1 is 0.236 bits per heavy atom. The highest BCUT2D eigenvalue weighted by atomic mass is 15.0. The van der Waals surface area contributed by atoms with Crippen LogP contribution in [0.25, 0.3) is 105 Å². The number of fused-ring (bicyclic) bond motifs is 8. The van der Waals surface area contributed by atoms with E-state index >= 15 is 0 Å². The Morgan fingerprint density at radius 3 is 1.25 bits per heavy atom. The molecule has 0 saturated carbocycles. The molecular formula is C54H35N. The molecule has 0 amide bonds. The molecule has 0 fully saturated rings. The molecule has 0 saturated heterocycles. The zero-order chi connectivity index (χ0) is 36.3. The molecule has 0 N–H and O–H groups in total. The first kappa shape index (κ1) is 31.3. The lowest BCUT2D eigenvalue weighted by molar-refractivity contribution is 1.19. The first-order valence-corrected chi connectivity index (χ1v) is 19.0. The summed E-state index contributed by atoms with van der Waals surface area (Å²) in [5.74, 6) is 0. The van der Waals surface area contributed by atoms with Crippen LogP contribution in [0.1, 0.15) is 0 Å². The summed E-state index contributed by atoms with van der Waals surface area (Å²) in [7, 11) is 0. The molecule has 2 heterocycles. The van der Waals surface area contributed by atoms with Crippen molar-refractivity contribution in [2.45, 2.75) is 0 Å². The fourth-order valence-electron chi connectivity index (χ4n) is 8.68. The van der Waals surface area contributed by atoms with Crippen molar-refractivity contribution in [3.63, 3.8) is 0 Å². The van der Waals surface area contributed by atoms with E-state index < -0.39 is 0 Å². The molecule has 1 aliphatic heterocycles. The molecule has 0 atom stereocenters. The fraction of sp³-hybridized carbons (Fsp3) is 0. The van der Waals surface area contributed by atoms with E-state index in [-0.39, 0.29) is 0 Å². The van der Waals surface area contributed by atoms with Gasteiger partial charge in [0, 0.05) is 21.9 Å². The van der Waals surface area contributed by atoms with E-state index in [1.165, 1.54) is 105 Å². The van der Waals surface area contributed by atoms with Crippen LogP contribution in [0.4, 0.5) is 0 Å². The quantitative estimate of drug-likeness (QED) is 0.169. The van der Waals surface area contributed by atoms with Crippen LogP contribution in [-0.4, -0.2) is 4.57 Å². The van der Waals surface area contributed by atoms with Crippen molar-refractivity contribution < 1.29 is 0 Å². The largest absolute Gasteiger partial charge is 0.308 e. The molecule has 11 rings (SSSR count). The van der Waals surface area contributed by atoms with Crippen molar-refractivity contribution >= 4 is 21.8 Å². The lowest BCUT2D eigenvalue weighted by atomic mass is 9.89. The van der Waals surface area contributed by atoms with Gasteiger partial charge >= 0.3 is 0 Å². The van der Waals surface area contributed by atoms with Crippen molar-refractivity contribution in [2.24, 2.45) is 0 Å². The van der Waals surface area contributed by atoms with E-state index in [4.69, 9.17) is 0 Å². The van der Waals surface area contributed by atoms with Crippen molar-refractivity contribution in [1.29, 1.82) is 0 Å². The van der Waals surface area contributed by atoms with E-state index in [9.17, 15) is 0 Å². The highest BCUT2D eigenvalue weighted by molar-refractivity contribution is 6.18. The Kier molecular flexibility index (Phi) is 7.25. The average Bonchev–Trinajstić information content (AvgIpc) is 3.54. The second-order valence-corrected chi connectivity index (χ2v) is 14.5. The van der Waals surface area contributed by atoms with E-state index in [0.717, 1.165) is 0 Å². The molecule has 0 unspecified atom stereocenters. The summed E-state index contributed by atoms with van der Waals surface area (Å²) in [6.45, 7) is 0. The molecule has 0 aliphatic carbocycles. The Bertz CT molecular complexity index is 3060. The zero-order valence-corrected chi connectivity index (χ0v) is 30.2. The molecule has 256 valence electrons. The third-order valence-corrected chi connectivity index (χ3v) is 11.3. The van der Waals surface area contributed by atoms with Crippen LogP contribution in [-0.2, 0) is 0 Å². The number of hydrogen-bond acceptors (Lipinski definition) is 0. The van der Waals surface area contributed by atoms with E-state index in [0.29, 0.717) is 0 Å². The second kappa shape index (κ2) is 12.7. The van der Waals surface area contributed by atoms with Crippen molar-refractivity contribution in [3.8, 4) is 83.6 Å². The molecule has 10 aromatic rings. The van der Waals surface area contributed by atoms with E-state index in [1.54, 1.807) is 0 Å². The smallest absolute Gasteiger partial charge is 0.0620 e. The minimum absolute atomic E-state index is 1.19. The molecular weight excluding hydrogens is 663 g/mol. The number of aromatic nitrogens is 1. The zero-order valence-electron chi connectivity index (χ0n) is 30.2. The molecule has 1 heteroatoms. The van der Waals surface area contributed by atoms with Gasteiger partial charge in [-0.05, 0) is 115 Å². The topological polar surface area (TPSA) is 4.93 Å². The normalized spacial score (nSPS) is 11.6. The lowest BCUT2D eigenvalue weighted by Crippen LogP contribution is -1.96. The number of rotatable bonds is 5. The Morgan fingerprint density at radius 2 is 0.655 bits per heavy atom. The van der Waals surface area contributed by atoms with Crippen LogP contribution < -0.4 is 0 Å². The van der Waals surface area contributed by atoms with E-state index in [2.05, 4.69) is 217 Å². The second-order valence-electron chi connectivity index (χ2n) is 14.5. The highest BCUT2D eigenvalue weighted by Gasteiger charge is 2.26. The monoisotopic (exact) mass is 697 g/mol. The summed E-state index contributed by atoms with van der Waals surface area (Å²) in [5, 5.41) is 2.51. The molecule has 1 nitrogen and oxygen atoms in total. The van der Waals surface area contributed by atoms with Gasteiger partial charge in [0.1, 0.15) is 0 Å². The molecule has 9 aromatic carbocycles. The van der Waals surface area contributed by atoms with Gasteiger partial charge in [-0.3, -0.25) is 0 Å². The van der Waals surface area contributed by atoms with Gasteiger partial charge in [0.05, 0.1) is 16.7 Å². The van der Waals surface area contributed by atoms with E-state index in [1.807, 2.05) is 0 Å². The van der Waals surface area contributed by atoms with Gasteiger partial charge in [0.15, 0.2) is 0 Å². The van der Waals surface area contributed by atoms with Crippen molar-refractivity contribution in [3.05, 3.63) is 212 Å². The average molecular weight is 698 g/mol. The summed E-state index contributed by atoms with van der Waals surface area (Å²) >= 11 is 0. The molecule has 55 heavy (non-hydrogen) atoms. The van der Waals surface area contributed by atoms with Gasteiger partial charge in [-0.25, -0.2) is 0 Å². The third kappa shape index (κ3) is 5.24. The van der Waals surface area contributed by atoms with Crippen LogP contribution >= 0.6 is 0 Å². The SMILES string of the molecule is c1ccc(-c2cccc(-c3ccc4c(c3)-c3ccccc3-c3cc(-c5cccc(-c6ccccc6)c5)cc5c6cc(-c7ccccc7)ccc6n-4c35)c2)cc1. The van der Waals surface area contributed by atoms with Crippen molar-refractivity contribution in [1.82, 2.24) is 4.57 Å². The first-order chi connectivity index (χ1) is 27.3. The molecule has 0 spiro atoms. The maximum absolute atomic E-state index is 2.53. The Balaban J connectivity index is 1.18. The van der Waals surface area contributed by atoms with Crippen LogP contribution in [0.3, 0.4) is 0 Å². The molecule has 0 bridgehead atoms. The number of benzene rings is 9. The van der Waals surface area contributed by atoms with Crippen LogP contribution in [0.5, 0.6) is 0 Å². The van der Waals surface area contributed by atoms with Gasteiger partial charge < -0.3 is 4.57 Å². The third-order valence-electron chi connectivity index (χ3n) is 11.3. The van der Waals surface area contributed by atoms with Gasteiger partial charge in [-0.15, -0.1) is 0 Å². The Labute approximate surface area is 321 Å². The van der Waals surface area contributed by atoms with Crippen LogP contribution in [0, 0.1) is 0 Å². The predicted molar refractivity (Wildman–Crippen MR) is 232 cm³/mol. The van der Waals surface area contributed by atoms with Gasteiger partial charge in [-0.1, -0.05) is 164 Å². The van der Waals surface area contributed by atoms with Crippen LogP contribution in [0.15, 0.2) is 212 Å². The van der Waals surface area contributed by atoms with Gasteiger partial charge in [-0.2, -0.15) is 0 Å². The maximum atomic E-state index is 2.53. The number of hydrogen-bond donors (Lipinski definition) is 0. The predicted octanol–water partition coefficient (Wildman–Crippen LogP) is 14.8. The minimum atomic E-state index is 1.19. The molecule has 1 aliphatic rings. The summed E-state index contributed by atoms with van der Waals surface area (Å²) < 4.78 is 2.53. The standard InChI is InChI=1S/C54H35N/c1-4-14-36(15-5-1)39-20-12-22-41(30-39)44-27-29-52-48(33-44)46-24-10-11-25-47(46)50-34-45(42-23-13-21-40(31-42)37-16-6-2-7-17-37)35-51-49-32-43(38-18-8-3-9-19-38)26-28-53(49)55(52)54(50)51/h1-35H. The number of nitrogens with zero attached hydrogens (tertiary/aromatic N) is 1. The summed E-state index contributed by atoms with van der Waals surface area (Å²) in [6.07, 6.45) is 0.